The van der Waals surface area contributed by atoms with Gasteiger partial charge in [0.2, 0.25) is 0 Å². The van der Waals surface area contributed by atoms with E-state index in [0.29, 0.717) is 16.5 Å². The van der Waals surface area contributed by atoms with Crippen LogP contribution in [0.25, 0.3) is 0 Å². The van der Waals surface area contributed by atoms with Crippen molar-refractivity contribution >= 4 is 16.4 Å². The quantitative estimate of drug-likeness (QED) is 0.592. The fourth-order valence-electron chi connectivity index (χ4n) is 1.23. The van der Waals surface area contributed by atoms with Gasteiger partial charge in [-0.2, -0.15) is 10.5 Å². The van der Waals surface area contributed by atoms with Gasteiger partial charge in [-0.1, -0.05) is 12.8 Å². The SMILES string of the molecule is C=S(C)CCC(C)CCN(C)C(C)C. The van der Waals surface area contributed by atoms with Gasteiger partial charge in [0.05, 0.1) is 0 Å². The van der Waals surface area contributed by atoms with Crippen molar-refractivity contribution in [1.82, 2.24) is 4.90 Å². The third kappa shape index (κ3) is 7.57. The molecule has 0 saturated heterocycles. The molecule has 0 fully saturated rings. The molecule has 0 aromatic carbocycles. The van der Waals surface area contributed by atoms with Gasteiger partial charge in [0, 0.05) is 6.04 Å². The first-order valence-electron chi connectivity index (χ1n) is 5.56. The molecule has 0 aliphatic heterocycles. The molecule has 2 atom stereocenters. The van der Waals surface area contributed by atoms with Crippen molar-refractivity contribution in [3.63, 3.8) is 0 Å². The molecule has 0 amide bonds. The van der Waals surface area contributed by atoms with Crippen LogP contribution >= 0.6 is 10.5 Å². The molecular formula is C12H27NS. The zero-order valence-electron chi connectivity index (χ0n) is 10.5. The molecule has 0 aromatic heterocycles. The Morgan fingerprint density at radius 1 is 1.21 bits per heavy atom. The third-order valence-corrected chi connectivity index (χ3v) is 3.75. The Kier molecular flexibility index (Phi) is 7.56. The highest BCUT2D eigenvalue weighted by Gasteiger charge is 2.06. The second-order valence-corrected chi connectivity index (χ2v) is 6.71. The van der Waals surface area contributed by atoms with Crippen LogP contribution in [0.4, 0.5) is 0 Å². The summed E-state index contributed by atoms with van der Waals surface area (Å²) in [5, 5.41) is 0. The van der Waals surface area contributed by atoms with Crippen molar-refractivity contribution in [2.75, 3.05) is 25.6 Å². The summed E-state index contributed by atoms with van der Waals surface area (Å²) in [4.78, 5) is 2.42. The van der Waals surface area contributed by atoms with Crippen LogP contribution in [-0.4, -0.2) is 42.4 Å². The number of rotatable bonds is 7. The predicted molar refractivity (Wildman–Crippen MR) is 71.7 cm³/mol. The summed E-state index contributed by atoms with van der Waals surface area (Å²) >= 11 is 0. The maximum atomic E-state index is 4.05. The van der Waals surface area contributed by atoms with E-state index in [2.05, 4.69) is 44.8 Å². The fraction of sp³-hybridized carbons (Fsp3) is 0.917. The Morgan fingerprint density at radius 2 is 1.79 bits per heavy atom. The van der Waals surface area contributed by atoms with Gasteiger partial charge in [0.25, 0.3) is 0 Å². The Bertz CT molecular complexity index is 166. The predicted octanol–water partition coefficient (Wildman–Crippen LogP) is 3.07. The van der Waals surface area contributed by atoms with Gasteiger partial charge < -0.3 is 4.90 Å². The van der Waals surface area contributed by atoms with Crippen LogP contribution in [0.2, 0.25) is 0 Å². The van der Waals surface area contributed by atoms with Crippen LogP contribution in [0.5, 0.6) is 0 Å². The smallest absolute Gasteiger partial charge is 0.00355 e. The molecular weight excluding hydrogens is 190 g/mol. The van der Waals surface area contributed by atoms with Crippen molar-refractivity contribution in [1.29, 1.82) is 0 Å². The maximum Gasteiger partial charge on any atom is 0.00355 e. The summed E-state index contributed by atoms with van der Waals surface area (Å²) in [5.41, 5.74) is 0. The molecule has 0 saturated carbocycles. The largest absolute Gasteiger partial charge is 0.304 e. The highest BCUT2D eigenvalue weighted by molar-refractivity contribution is 8.13. The first-order valence-corrected chi connectivity index (χ1v) is 7.53. The van der Waals surface area contributed by atoms with E-state index in [-0.39, 0.29) is 0 Å². The van der Waals surface area contributed by atoms with Crippen LogP contribution in [0.15, 0.2) is 0 Å². The van der Waals surface area contributed by atoms with Crippen LogP contribution in [-0.2, 0) is 0 Å². The molecule has 0 aliphatic rings. The molecule has 0 spiro atoms. The van der Waals surface area contributed by atoms with Crippen LogP contribution in [0.3, 0.4) is 0 Å². The van der Waals surface area contributed by atoms with Crippen molar-refractivity contribution in [2.45, 2.75) is 39.7 Å². The molecule has 0 aliphatic carbocycles. The van der Waals surface area contributed by atoms with Crippen molar-refractivity contribution in [3.8, 4) is 0 Å². The van der Waals surface area contributed by atoms with Crippen LogP contribution in [0, 0.1) is 5.92 Å². The van der Waals surface area contributed by atoms with Gasteiger partial charge in [-0.25, -0.2) is 0 Å². The minimum atomic E-state index is 0.377. The van der Waals surface area contributed by atoms with Gasteiger partial charge in [-0.15, -0.1) is 0 Å². The Balaban J connectivity index is 3.53. The Labute approximate surface area is 92.8 Å². The lowest BCUT2D eigenvalue weighted by Gasteiger charge is -2.22. The molecule has 14 heavy (non-hydrogen) atoms. The zero-order chi connectivity index (χ0) is 11.1. The topological polar surface area (TPSA) is 3.24 Å². The van der Waals surface area contributed by atoms with E-state index >= 15 is 0 Å². The van der Waals surface area contributed by atoms with Crippen molar-refractivity contribution in [3.05, 3.63) is 0 Å². The summed E-state index contributed by atoms with van der Waals surface area (Å²) in [6.45, 7) is 8.10. The van der Waals surface area contributed by atoms with E-state index in [9.17, 15) is 0 Å². The van der Waals surface area contributed by atoms with E-state index < -0.39 is 0 Å². The summed E-state index contributed by atoms with van der Waals surface area (Å²) in [6, 6.07) is 0.677. The highest BCUT2D eigenvalue weighted by Crippen LogP contribution is 2.14. The third-order valence-electron chi connectivity index (χ3n) is 2.82. The molecule has 1 nitrogen and oxygen atoms in total. The first kappa shape index (κ1) is 14.2. The second-order valence-electron chi connectivity index (χ2n) is 4.74. The van der Waals surface area contributed by atoms with Gasteiger partial charge in [0.1, 0.15) is 0 Å². The minimum absolute atomic E-state index is 0.377. The molecule has 0 N–H and O–H groups in total. The molecule has 0 heterocycles. The molecule has 2 heteroatoms. The summed E-state index contributed by atoms with van der Waals surface area (Å²) in [7, 11) is 2.59. The Morgan fingerprint density at radius 3 is 2.21 bits per heavy atom. The number of nitrogens with zero attached hydrogens (tertiary/aromatic N) is 1. The molecule has 86 valence electrons. The number of hydrogen-bond donors (Lipinski definition) is 0. The van der Waals surface area contributed by atoms with Crippen molar-refractivity contribution < 1.29 is 0 Å². The highest BCUT2D eigenvalue weighted by atomic mass is 32.2. The molecule has 0 bridgehead atoms. The normalized spacial score (nSPS) is 16.2. The summed E-state index contributed by atoms with van der Waals surface area (Å²) in [5.74, 6) is 6.20. The zero-order valence-corrected chi connectivity index (χ0v) is 11.4. The van der Waals surface area contributed by atoms with E-state index in [4.69, 9.17) is 0 Å². The average Bonchev–Trinajstić information content (AvgIpc) is 2.10. The standard InChI is InChI=1S/C12H27NS/c1-11(2)13(4)9-7-12(3)8-10-14(5)6/h11-12H,5,7-10H2,1-4,6H3. The first-order chi connectivity index (χ1) is 6.43. The van der Waals surface area contributed by atoms with E-state index in [0.717, 1.165) is 5.92 Å². The number of hydrogen-bond acceptors (Lipinski definition) is 1. The molecule has 0 rings (SSSR count). The maximum absolute atomic E-state index is 4.05. The molecule has 0 radical (unpaired) electrons. The second kappa shape index (κ2) is 7.47. The van der Waals surface area contributed by atoms with Crippen molar-refractivity contribution in [2.24, 2.45) is 5.92 Å². The minimum Gasteiger partial charge on any atom is -0.304 e. The summed E-state index contributed by atoms with van der Waals surface area (Å²) < 4.78 is 0. The fourth-order valence-corrected chi connectivity index (χ4v) is 2.03. The lowest BCUT2D eigenvalue weighted by Crippen LogP contribution is -2.28. The van der Waals surface area contributed by atoms with E-state index in [1.807, 2.05) is 0 Å². The molecule has 2 unspecified atom stereocenters. The van der Waals surface area contributed by atoms with E-state index in [1.165, 1.54) is 25.1 Å². The van der Waals surface area contributed by atoms with Crippen LogP contribution < -0.4 is 0 Å². The lowest BCUT2D eigenvalue weighted by molar-refractivity contribution is 0.253. The van der Waals surface area contributed by atoms with Gasteiger partial charge in [-0.05, 0) is 58.2 Å². The monoisotopic (exact) mass is 217 g/mol. The van der Waals surface area contributed by atoms with Gasteiger partial charge in [0.15, 0.2) is 0 Å². The summed E-state index contributed by atoms with van der Waals surface area (Å²) in [6.07, 6.45) is 4.90. The van der Waals surface area contributed by atoms with Crippen LogP contribution in [0.1, 0.15) is 33.6 Å². The van der Waals surface area contributed by atoms with Gasteiger partial charge >= 0.3 is 0 Å². The van der Waals surface area contributed by atoms with Gasteiger partial charge in [-0.3, -0.25) is 0 Å². The van der Waals surface area contributed by atoms with E-state index in [1.54, 1.807) is 0 Å². The Hall–Kier alpha value is 0.180. The average molecular weight is 217 g/mol. The molecule has 0 aromatic rings. The lowest BCUT2D eigenvalue weighted by atomic mass is 10.0.